The zero-order valence-corrected chi connectivity index (χ0v) is 12.0. The van der Waals surface area contributed by atoms with Gasteiger partial charge in [0.15, 0.2) is 0 Å². The van der Waals surface area contributed by atoms with Crippen LogP contribution < -0.4 is 11.5 Å². The summed E-state index contributed by atoms with van der Waals surface area (Å²) in [7, 11) is 0. The van der Waals surface area contributed by atoms with E-state index in [1.807, 2.05) is 0 Å². The van der Waals surface area contributed by atoms with E-state index >= 15 is 0 Å². The Morgan fingerprint density at radius 3 is 2.68 bits per heavy atom. The molecule has 6 heteroatoms. The molecule has 2 rings (SSSR count). The van der Waals surface area contributed by atoms with Gasteiger partial charge in [-0.3, -0.25) is 14.8 Å². The number of nitrogens with two attached hydrogens (primary N) is 2. The molecule has 0 radical (unpaired) electrons. The minimum Gasteiger partial charge on any atom is -0.508 e. The average molecular weight is 296 g/mol. The molecule has 22 heavy (non-hydrogen) atoms. The lowest BCUT2D eigenvalue weighted by Gasteiger charge is -2.08. The number of aliphatic hydroxyl groups is 1. The number of hydrogen-bond donors (Lipinski definition) is 3. The Labute approximate surface area is 127 Å². The van der Waals surface area contributed by atoms with Crippen LogP contribution in [0, 0.1) is 0 Å². The van der Waals surface area contributed by atoms with Gasteiger partial charge in [-0.05, 0) is 25.1 Å². The Morgan fingerprint density at radius 1 is 1.27 bits per heavy atom. The number of allylic oxidation sites excluding steroid dienone is 4. The predicted octanol–water partition coefficient (Wildman–Crippen LogP) is 2.34. The molecule has 0 unspecified atom stereocenters. The second-order valence-electron chi connectivity index (χ2n) is 4.47. The molecular formula is C16H16N4O2. The van der Waals surface area contributed by atoms with Crippen LogP contribution in [0.1, 0.15) is 22.8 Å². The summed E-state index contributed by atoms with van der Waals surface area (Å²) in [6.45, 7) is 1.72. The molecule has 1 aromatic heterocycles. The van der Waals surface area contributed by atoms with E-state index in [0.717, 1.165) is 0 Å². The number of aliphatic hydroxyl groups excluding tert-OH is 1. The van der Waals surface area contributed by atoms with Crippen LogP contribution in [0.4, 0.5) is 5.69 Å². The van der Waals surface area contributed by atoms with Crippen molar-refractivity contribution in [2.45, 2.75) is 6.92 Å². The number of nitrogens with zero attached hydrogens (tertiary/aromatic N) is 2. The van der Waals surface area contributed by atoms with E-state index in [1.165, 1.54) is 18.3 Å². The standard InChI is InChI=1S/C16H16N4O2/c1-2-10(21)5-3-4-6-11-14(17)12(16(18)22)9-13-15(11)20-8-7-19-13/h2-9,21H,17H2,1H3,(H2,18,22)/b5-3-,6-4+,10-2-. The summed E-state index contributed by atoms with van der Waals surface area (Å²) in [5, 5.41) is 9.33. The predicted molar refractivity (Wildman–Crippen MR) is 87.0 cm³/mol. The van der Waals surface area contributed by atoms with Gasteiger partial charge in [0, 0.05) is 18.0 Å². The van der Waals surface area contributed by atoms with Crippen molar-refractivity contribution in [1.82, 2.24) is 9.97 Å². The largest absolute Gasteiger partial charge is 0.508 e. The number of carbonyl (C=O) groups is 1. The number of carbonyl (C=O) groups excluding carboxylic acids is 1. The van der Waals surface area contributed by atoms with Gasteiger partial charge in [-0.2, -0.15) is 0 Å². The lowest BCUT2D eigenvalue weighted by molar-refractivity contribution is 0.100. The van der Waals surface area contributed by atoms with Crippen LogP contribution in [-0.2, 0) is 0 Å². The Hall–Kier alpha value is -3.15. The molecule has 0 atom stereocenters. The van der Waals surface area contributed by atoms with E-state index in [0.29, 0.717) is 16.6 Å². The van der Waals surface area contributed by atoms with E-state index < -0.39 is 5.91 Å². The van der Waals surface area contributed by atoms with Crippen molar-refractivity contribution >= 4 is 28.7 Å². The maximum Gasteiger partial charge on any atom is 0.250 e. The number of aromatic nitrogens is 2. The van der Waals surface area contributed by atoms with Crippen molar-refractivity contribution < 1.29 is 9.90 Å². The minimum absolute atomic E-state index is 0.146. The first-order valence-electron chi connectivity index (χ1n) is 6.57. The molecule has 0 spiro atoms. The number of nitrogen functional groups attached to an aromatic ring is 1. The SMILES string of the molecule is C/C=C(O)/C=C\C=C\c1c(N)c(C(N)=O)cc2nccnc12. The quantitative estimate of drug-likeness (QED) is 0.455. The number of benzene rings is 1. The first-order valence-corrected chi connectivity index (χ1v) is 6.57. The van der Waals surface area contributed by atoms with Crippen molar-refractivity contribution in [3.8, 4) is 0 Å². The number of hydrogen-bond acceptors (Lipinski definition) is 5. The summed E-state index contributed by atoms with van der Waals surface area (Å²) >= 11 is 0. The lowest BCUT2D eigenvalue weighted by atomic mass is 10.0. The molecular weight excluding hydrogens is 280 g/mol. The summed E-state index contributed by atoms with van der Waals surface area (Å²) in [6, 6.07) is 1.53. The summed E-state index contributed by atoms with van der Waals surface area (Å²) in [5.41, 5.74) is 13.5. The fourth-order valence-corrected chi connectivity index (χ4v) is 1.92. The second kappa shape index (κ2) is 6.53. The van der Waals surface area contributed by atoms with Gasteiger partial charge in [0.25, 0.3) is 5.91 Å². The Morgan fingerprint density at radius 2 is 2.00 bits per heavy atom. The van der Waals surface area contributed by atoms with Crippen molar-refractivity contribution in [2.24, 2.45) is 5.73 Å². The first-order chi connectivity index (χ1) is 10.5. The molecule has 0 saturated carbocycles. The lowest BCUT2D eigenvalue weighted by Crippen LogP contribution is -2.14. The highest BCUT2D eigenvalue weighted by molar-refractivity contribution is 6.05. The first kappa shape index (κ1) is 15.2. The number of primary amides is 1. The molecule has 2 aromatic rings. The van der Waals surface area contributed by atoms with Crippen LogP contribution >= 0.6 is 0 Å². The molecule has 0 saturated heterocycles. The zero-order valence-electron chi connectivity index (χ0n) is 12.0. The molecule has 112 valence electrons. The molecule has 1 heterocycles. The van der Waals surface area contributed by atoms with Crippen molar-refractivity contribution in [3.05, 3.63) is 59.7 Å². The van der Waals surface area contributed by atoms with Gasteiger partial charge < -0.3 is 16.6 Å². The molecule has 0 aliphatic rings. The van der Waals surface area contributed by atoms with E-state index in [-0.39, 0.29) is 17.0 Å². The Bertz CT molecular complexity index is 807. The van der Waals surface area contributed by atoms with Crippen molar-refractivity contribution in [1.29, 1.82) is 0 Å². The second-order valence-corrected chi connectivity index (χ2v) is 4.47. The minimum atomic E-state index is -0.623. The highest BCUT2D eigenvalue weighted by atomic mass is 16.3. The number of rotatable bonds is 4. The monoisotopic (exact) mass is 296 g/mol. The zero-order chi connectivity index (χ0) is 16.1. The highest BCUT2D eigenvalue weighted by Gasteiger charge is 2.14. The normalized spacial score (nSPS) is 12.5. The topological polar surface area (TPSA) is 115 Å². The maximum absolute atomic E-state index is 11.5. The molecule has 0 bridgehead atoms. The Balaban J connectivity index is 2.56. The fourth-order valence-electron chi connectivity index (χ4n) is 1.92. The summed E-state index contributed by atoms with van der Waals surface area (Å²) < 4.78 is 0. The molecule has 0 fully saturated rings. The summed E-state index contributed by atoms with van der Waals surface area (Å²) in [4.78, 5) is 19.9. The van der Waals surface area contributed by atoms with Gasteiger partial charge in [-0.1, -0.05) is 18.2 Å². The van der Waals surface area contributed by atoms with Gasteiger partial charge in [0.1, 0.15) is 5.76 Å². The van der Waals surface area contributed by atoms with Crippen LogP contribution in [0.5, 0.6) is 0 Å². The van der Waals surface area contributed by atoms with E-state index in [1.54, 1.807) is 37.4 Å². The van der Waals surface area contributed by atoms with Crippen LogP contribution in [0.3, 0.4) is 0 Å². The molecule has 0 aliphatic heterocycles. The smallest absolute Gasteiger partial charge is 0.250 e. The third-order valence-electron chi connectivity index (χ3n) is 3.05. The maximum atomic E-state index is 11.5. The third kappa shape index (κ3) is 3.12. The molecule has 0 aliphatic carbocycles. The van der Waals surface area contributed by atoms with Gasteiger partial charge in [-0.15, -0.1) is 0 Å². The van der Waals surface area contributed by atoms with E-state index in [9.17, 15) is 9.90 Å². The number of fused-ring (bicyclic) bond motifs is 1. The van der Waals surface area contributed by atoms with Crippen LogP contribution in [0.2, 0.25) is 0 Å². The molecule has 6 nitrogen and oxygen atoms in total. The van der Waals surface area contributed by atoms with Crippen molar-refractivity contribution in [3.63, 3.8) is 0 Å². The molecule has 1 amide bonds. The number of anilines is 1. The van der Waals surface area contributed by atoms with Gasteiger partial charge in [0.2, 0.25) is 0 Å². The summed E-state index contributed by atoms with van der Waals surface area (Å²) in [6.07, 6.45) is 11.2. The van der Waals surface area contributed by atoms with Gasteiger partial charge in [-0.25, -0.2) is 0 Å². The van der Waals surface area contributed by atoms with Crippen molar-refractivity contribution in [2.75, 3.05) is 5.73 Å². The highest BCUT2D eigenvalue weighted by Crippen LogP contribution is 2.26. The van der Waals surface area contributed by atoms with E-state index in [4.69, 9.17) is 11.5 Å². The van der Waals surface area contributed by atoms with E-state index in [2.05, 4.69) is 9.97 Å². The number of amides is 1. The Kier molecular flexibility index (Phi) is 4.53. The van der Waals surface area contributed by atoms with Crippen LogP contribution in [-0.4, -0.2) is 21.0 Å². The van der Waals surface area contributed by atoms with Crippen LogP contribution in [0.25, 0.3) is 17.1 Å². The van der Waals surface area contributed by atoms with Gasteiger partial charge in [0.05, 0.1) is 22.3 Å². The third-order valence-corrected chi connectivity index (χ3v) is 3.05. The van der Waals surface area contributed by atoms with Gasteiger partial charge >= 0.3 is 0 Å². The van der Waals surface area contributed by atoms with Crippen LogP contribution in [0.15, 0.2) is 48.5 Å². The fraction of sp³-hybridized carbons (Fsp3) is 0.0625. The molecule has 1 aromatic carbocycles. The average Bonchev–Trinajstić information content (AvgIpc) is 2.52. The summed E-state index contributed by atoms with van der Waals surface area (Å²) in [5.74, 6) is -0.477. The molecule has 5 N–H and O–H groups in total.